The summed E-state index contributed by atoms with van der Waals surface area (Å²) in [6, 6.07) is 0. The van der Waals surface area contributed by atoms with Gasteiger partial charge in [0.15, 0.2) is 0 Å². The Bertz CT molecular complexity index is 524. The fourth-order valence-electron chi connectivity index (χ4n) is 4.96. The number of carboxylic acid groups (broad SMARTS) is 1. The van der Waals surface area contributed by atoms with Crippen LogP contribution in [0.25, 0.3) is 0 Å². The van der Waals surface area contributed by atoms with Gasteiger partial charge in [-0.15, -0.1) is 0 Å². The third-order valence-electron chi connectivity index (χ3n) is 7.28. The van der Waals surface area contributed by atoms with Crippen LogP contribution in [-0.2, 0) is 18.9 Å². The fourth-order valence-corrected chi connectivity index (χ4v) is 4.96. The van der Waals surface area contributed by atoms with Gasteiger partial charge in [-0.05, 0) is 19.8 Å². The van der Waals surface area contributed by atoms with E-state index in [0.29, 0.717) is 26.3 Å². The lowest BCUT2D eigenvalue weighted by Crippen LogP contribution is -2.47. The van der Waals surface area contributed by atoms with E-state index in [0.717, 1.165) is 25.7 Å². The second-order valence-electron chi connectivity index (χ2n) is 10.5. The molecule has 2 unspecified atom stereocenters. The topological polar surface area (TPSA) is 77.5 Å². The number of likely N-dealkylation sites (tertiary alicyclic amines) is 1. The molecule has 1 amide bonds. The quantitative estimate of drug-likeness (QED) is 0.134. The number of nitrogens with zero attached hydrogens (tertiary/aromatic N) is 1. The highest BCUT2D eigenvalue weighted by molar-refractivity contribution is 5.65. The molecule has 206 valence electrons. The highest BCUT2D eigenvalue weighted by Gasteiger charge is 2.52. The second-order valence-corrected chi connectivity index (χ2v) is 10.5. The molecule has 2 saturated heterocycles. The van der Waals surface area contributed by atoms with Crippen molar-refractivity contribution in [3.05, 3.63) is 0 Å². The highest BCUT2D eigenvalue weighted by Crippen LogP contribution is 2.34. The van der Waals surface area contributed by atoms with Crippen LogP contribution in [0.3, 0.4) is 0 Å². The minimum absolute atomic E-state index is 0.256. The molecule has 0 aromatic heterocycles. The van der Waals surface area contributed by atoms with Crippen molar-refractivity contribution >= 4 is 6.09 Å². The first-order chi connectivity index (χ1) is 17.0. The average molecular weight is 500 g/mol. The van der Waals surface area contributed by atoms with E-state index in [9.17, 15) is 9.90 Å². The van der Waals surface area contributed by atoms with Crippen molar-refractivity contribution in [1.82, 2.24) is 4.90 Å². The lowest BCUT2D eigenvalue weighted by molar-refractivity contribution is -0.326. The molecule has 2 fully saturated rings. The molecule has 2 aliphatic rings. The van der Waals surface area contributed by atoms with Gasteiger partial charge in [0.2, 0.25) is 12.1 Å². The Morgan fingerprint density at radius 3 is 1.49 bits per heavy atom. The molecular weight excluding hydrogens is 446 g/mol. The number of hydrogen-bond acceptors (Lipinski definition) is 5. The SMILES string of the molecule is CCCCCCCCCCOC(C)(OCCCCCCCCCC)C1OC2CN(C(=O)O)CC2O1. The number of carbonyl (C=O) groups is 1. The van der Waals surface area contributed by atoms with Crippen molar-refractivity contribution < 1.29 is 28.8 Å². The van der Waals surface area contributed by atoms with Crippen LogP contribution in [0.15, 0.2) is 0 Å². The van der Waals surface area contributed by atoms with Crippen LogP contribution >= 0.6 is 0 Å². The van der Waals surface area contributed by atoms with Crippen molar-refractivity contribution in [2.24, 2.45) is 0 Å². The molecule has 0 saturated carbocycles. The Labute approximate surface area is 214 Å². The van der Waals surface area contributed by atoms with Crippen LogP contribution in [0, 0.1) is 0 Å². The van der Waals surface area contributed by atoms with Crippen LogP contribution in [0.2, 0.25) is 0 Å². The van der Waals surface area contributed by atoms with E-state index in [1.54, 1.807) is 0 Å². The molecule has 7 nitrogen and oxygen atoms in total. The number of hydrogen-bond donors (Lipinski definition) is 1. The van der Waals surface area contributed by atoms with Crippen LogP contribution < -0.4 is 0 Å². The maximum Gasteiger partial charge on any atom is 0.407 e. The molecule has 2 heterocycles. The van der Waals surface area contributed by atoms with E-state index in [4.69, 9.17) is 18.9 Å². The summed E-state index contributed by atoms with van der Waals surface area (Å²) in [6.45, 7) is 8.32. The molecule has 0 aromatic carbocycles. The number of unbranched alkanes of at least 4 members (excludes halogenated alkanes) is 14. The molecule has 2 aliphatic heterocycles. The van der Waals surface area contributed by atoms with Gasteiger partial charge in [-0.3, -0.25) is 0 Å². The Hall–Kier alpha value is -0.890. The van der Waals surface area contributed by atoms with E-state index < -0.39 is 18.2 Å². The van der Waals surface area contributed by atoms with Gasteiger partial charge in [0.25, 0.3) is 0 Å². The third-order valence-corrected chi connectivity index (χ3v) is 7.28. The maximum atomic E-state index is 11.3. The van der Waals surface area contributed by atoms with Crippen LogP contribution in [0.1, 0.15) is 124 Å². The predicted molar refractivity (Wildman–Crippen MR) is 139 cm³/mol. The lowest BCUT2D eigenvalue weighted by Gasteiger charge is -2.34. The van der Waals surface area contributed by atoms with Crippen molar-refractivity contribution in [3.63, 3.8) is 0 Å². The monoisotopic (exact) mass is 499 g/mol. The molecule has 1 N–H and O–H groups in total. The smallest absolute Gasteiger partial charge is 0.407 e. The number of ether oxygens (including phenoxy) is 4. The molecule has 2 rings (SSSR count). The van der Waals surface area contributed by atoms with Gasteiger partial charge >= 0.3 is 6.09 Å². The second kappa shape index (κ2) is 17.5. The van der Waals surface area contributed by atoms with Crippen LogP contribution in [0.5, 0.6) is 0 Å². The zero-order chi connectivity index (χ0) is 25.4. The highest BCUT2D eigenvalue weighted by atomic mass is 16.8. The minimum atomic E-state index is -0.972. The van der Waals surface area contributed by atoms with E-state index in [1.165, 1.54) is 81.9 Å². The summed E-state index contributed by atoms with van der Waals surface area (Å²) in [7, 11) is 0. The first-order valence-electron chi connectivity index (χ1n) is 14.6. The lowest BCUT2D eigenvalue weighted by atomic mass is 10.1. The summed E-state index contributed by atoms with van der Waals surface area (Å²) in [5.41, 5.74) is 0. The van der Waals surface area contributed by atoms with Gasteiger partial charge in [-0.25, -0.2) is 4.79 Å². The summed E-state index contributed by atoms with van der Waals surface area (Å²) < 4.78 is 24.8. The summed E-state index contributed by atoms with van der Waals surface area (Å²) in [5.74, 6) is -0.972. The van der Waals surface area contributed by atoms with Gasteiger partial charge in [-0.2, -0.15) is 0 Å². The van der Waals surface area contributed by atoms with Gasteiger partial charge < -0.3 is 29.0 Å². The average Bonchev–Trinajstić information content (AvgIpc) is 3.42. The summed E-state index contributed by atoms with van der Waals surface area (Å²) in [4.78, 5) is 12.6. The molecule has 0 spiro atoms. The van der Waals surface area contributed by atoms with Gasteiger partial charge in [0.1, 0.15) is 12.2 Å². The molecule has 35 heavy (non-hydrogen) atoms. The van der Waals surface area contributed by atoms with E-state index >= 15 is 0 Å². The minimum Gasteiger partial charge on any atom is -0.465 e. The fraction of sp³-hybridized carbons (Fsp3) is 0.964. The first-order valence-corrected chi connectivity index (χ1v) is 14.6. The molecule has 7 heteroatoms. The molecule has 0 aliphatic carbocycles. The summed E-state index contributed by atoms with van der Waals surface area (Å²) in [5, 5.41) is 9.25. The van der Waals surface area contributed by atoms with E-state index in [1.807, 2.05) is 6.92 Å². The van der Waals surface area contributed by atoms with E-state index in [2.05, 4.69) is 13.8 Å². The van der Waals surface area contributed by atoms with Crippen molar-refractivity contribution in [3.8, 4) is 0 Å². The Kier molecular flexibility index (Phi) is 15.2. The third kappa shape index (κ3) is 11.4. The Balaban J connectivity index is 1.72. The van der Waals surface area contributed by atoms with Crippen molar-refractivity contribution in [2.45, 2.75) is 148 Å². The molecule has 0 radical (unpaired) electrons. The summed E-state index contributed by atoms with van der Waals surface area (Å²) >= 11 is 0. The van der Waals surface area contributed by atoms with Crippen molar-refractivity contribution in [2.75, 3.05) is 26.3 Å². The molecule has 2 atom stereocenters. The normalized spacial score (nSPS) is 22.1. The first kappa shape index (κ1) is 30.3. The predicted octanol–water partition coefficient (Wildman–Crippen LogP) is 7.12. The van der Waals surface area contributed by atoms with Gasteiger partial charge in [0, 0.05) is 0 Å². The summed E-state index contributed by atoms with van der Waals surface area (Å²) in [6.07, 6.45) is 17.9. The Morgan fingerprint density at radius 1 is 0.743 bits per heavy atom. The van der Waals surface area contributed by atoms with Gasteiger partial charge in [-0.1, -0.05) is 104 Å². The molecule has 0 aromatic rings. The van der Waals surface area contributed by atoms with Crippen LogP contribution in [0.4, 0.5) is 4.79 Å². The molecule has 0 bridgehead atoms. The van der Waals surface area contributed by atoms with Gasteiger partial charge in [0.05, 0.1) is 26.3 Å². The Morgan fingerprint density at radius 2 is 1.11 bits per heavy atom. The maximum absolute atomic E-state index is 11.3. The van der Waals surface area contributed by atoms with E-state index in [-0.39, 0.29) is 12.2 Å². The number of fused-ring (bicyclic) bond motifs is 1. The van der Waals surface area contributed by atoms with Crippen LogP contribution in [-0.4, -0.2) is 66.7 Å². The molecular formula is C28H53NO6. The largest absolute Gasteiger partial charge is 0.465 e. The number of rotatable bonds is 21. The number of amides is 1. The zero-order valence-corrected chi connectivity index (χ0v) is 22.8. The zero-order valence-electron chi connectivity index (χ0n) is 22.8. The standard InChI is InChI=1S/C28H53NO6/c1-4-6-8-10-12-14-16-18-20-32-28(3,33-21-19-17-15-13-11-9-7-5-2)26-34-24-22-29(27(30)31)23-25(24)35-26/h24-26H,4-23H2,1-3H3,(H,30,31). The van der Waals surface area contributed by atoms with Crippen molar-refractivity contribution in [1.29, 1.82) is 0 Å².